The summed E-state index contributed by atoms with van der Waals surface area (Å²) in [7, 11) is 0. The van der Waals surface area contributed by atoms with Crippen LogP contribution in [0.1, 0.15) is 12.6 Å². The molecule has 1 heterocycles. The lowest BCUT2D eigenvalue weighted by Gasteiger charge is -2.32. The lowest BCUT2D eigenvalue weighted by Crippen LogP contribution is -2.46. The van der Waals surface area contributed by atoms with Gasteiger partial charge in [0.25, 0.3) is 0 Å². The molecule has 5 heteroatoms. The first-order valence-electron chi connectivity index (χ1n) is 5.25. The van der Waals surface area contributed by atoms with E-state index in [1.807, 2.05) is 0 Å². The quantitative estimate of drug-likeness (QED) is 0.792. The first-order valence-corrected chi connectivity index (χ1v) is 5.25. The Labute approximate surface area is 98.4 Å². The van der Waals surface area contributed by atoms with E-state index in [1.165, 1.54) is 6.92 Å². The van der Waals surface area contributed by atoms with Crippen LogP contribution in [-0.2, 0) is 15.0 Å². The summed E-state index contributed by atoms with van der Waals surface area (Å²) in [5, 5.41) is 6.68. The lowest BCUT2D eigenvalue weighted by molar-refractivity contribution is -0.129. The van der Waals surface area contributed by atoms with Gasteiger partial charge in [-0.15, -0.1) is 0 Å². The number of hydrogen-bond donors (Lipinski definition) is 2. The highest BCUT2D eigenvalue weighted by atomic mass is 16.1. The molecule has 0 fully saturated rings. The minimum Gasteiger partial charge on any atom is -0.369 e. The summed E-state index contributed by atoms with van der Waals surface area (Å²) in [5.74, 6) is -1.40. The maximum atomic E-state index is 12.0. The Balaban J connectivity index is 2.61. The highest BCUT2D eigenvalue weighted by Crippen LogP contribution is 2.37. The molecule has 1 aliphatic carbocycles. The monoisotopic (exact) mass is 231 g/mol. The van der Waals surface area contributed by atoms with Crippen molar-refractivity contribution in [3.63, 3.8) is 0 Å². The highest BCUT2D eigenvalue weighted by molar-refractivity contribution is 5.97. The van der Waals surface area contributed by atoms with Gasteiger partial charge in [-0.05, 0) is 13.0 Å². The second kappa shape index (κ2) is 4.01. The van der Waals surface area contributed by atoms with Crippen molar-refractivity contribution in [1.82, 2.24) is 10.2 Å². The van der Waals surface area contributed by atoms with Gasteiger partial charge in [-0.2, -0.15) is 5.10 Å². The Hall–Kier alpha value is -2.17. The van der Waals surface area contributed by atoms with Gasteiger partial charge in [0.15, 0.2) is 0 Å². The zero-order valence-corrected chi connectivity index (χ0v) is 9.38. The molecule has 0 aliphatic heterocycles. The zero-order chi connectivity index (χ0) is 12.5. The van der Waals surface area contributed by atoms with Gasteiger partial charge in [-0.3, -0.25) is 14.7 Å². The van der Waals surface area contributed by atoms with Crippen molar-refractivity contribution in [2.75, 3.05) is 0 Å². The lowest BCUT2D eigenvalue weighted by atomic mass is 9.67. The minimum absolute atomic E-state index is 0.158. The van der Waals surface area contributed by atoms with E-state index in [4.69, 9.17) is 5.73 Å². The average Bonchev–Trinajstić information content (AvgIpc) is 2.82. The minimum atomic E-state index is -1.08. The van der Waals surface area contributed by atoms with Crippen LogP contribution in [0.2, 0.25) is 0 Å². The number of aromatic amines is 1. The number of ketones is 1. The third-order valence-electron chi connectivity index (χ3n) is 3.08. The van der Waals surface area contributed by atoms with Crippen LogP contribution in [0.15, 0.2) is 36.6 Å². The second-order valence-corrected chi connectivity index (χ2v) is 4.01. The van der Waals surface area contributed by atoms with E-state index in [9.17, 15) is 9.59 Å². The number of carbonyl (C=O) groups excluding carboxylic acids is 2. The van der Waals surface area contributed by atoms with Crippen LogP contribution in [0.5, 0.6) is 0 Å². The van der Waals surface area contributed by atoms with Crippen molar-refractivity contribution in [2.24, 2.45) is 11.7 Å². The van der Waals surface area contributed by atoms with Gasteiger partial charge >= 0.3 is 0 Å². The van der Waals surface area contributed by atoms with E-state index in [0.29, 0.717) is 5.69 Å². The maximum absolute atomic E-state index is 12.0. The van der Waals surface area contributed by atoms with Gasteiger partial charge in [0, 0.05) is 6.20 Å². The Morgan fingerprint density at radius 3 is 2.76 bits per heavy atom. The number of amides is 1. The molecule has 1 aromatic heterocycles. The first kappa shape index (κ1) is 11.3. The van der Waals surface area contributed by atoms with E-state index in [-0.39, 0.29) is 5.78 Å². The van der Waals surface area contributed by atoms with Crippen molar-refractivity contribution >= 4 is 11.7 Å². The smallest absolute Gasteiger partial charge is 0.226 e. The summed E-state index contributed by atoms with van der Waals surface area (Å²) in [6.45, 7) is 1.44. The Morgan fingerprint density at radius 2 is 2.24 bits per heavy atom. The third-order valence-corrected chi connectivity index (χ3v) is 3.08. The molecule has 0 radical (unpaired) electrons. The molecule has 1 aliphatic rings. The number of Topliss-reactive ketones (excluding diaryl/α,β-unsaturated/α-hetero) is 1. The molecule has 0 aromatic carbocycles. The molecule has 0 saturated heterocycles. The molecular weight excluding hydrogens is 218 g/mol. The SMILES string of the molecule is CC(=O)C1(c2cc[nH]n2)C=CC=CC1C(N)=O. The summed E-state index contributed by atoms with van der Waals surface area (Å²) in [4.78, 5) is 23.5. The molecule has 0 spiro atoms. The summed E-state index contributed by atoms with van der Waals surface area (Å²) < 4.78 is 0. The Bertz CT molecular complexity index is 502. The van der Waals surface area contributed by atoms with Gasteiger partial charge in [0.05, 0.1) is 11.6 Å². The van der Waals surface area contributed by atoms with Gasteiger partial charge in [-0.25, -0.2) is 0 Å². The van der Waals surface area contributed by atoms with Crippen molar-refractivity contribution in [3.05, 3.63) is 42.3 Å². The van der Waals surface area contributed by atoms with Crippen LogP contribution >= 0.6 is 0 Å². The molecule has 0 saturated carbocycles. The van der Waals surface area contributed by atoms with Crippen LogP contribution in [0.25, 0.3) is 0 Å². The van der Waals surface area contributed by atoms with Crippen molar-refractivity contribution < 1.29 is 9.59 Å². The van der Waals surface area contributed by atoms with Crippen LogP contribution in [-0.4, -0.2) is 21.9 Å². The van der Waals surface area contributed by atoms with E-state index in [2.05, 4.69) is 10.2 Å². The summed E-state index contributed by atoms with van der Waals surface area (Å²) in [6.07, 6.45) is 8.38. The molecule has 0 bridgehead atoms. The predicted octanol–water partition coefficient (Wildman–Crippen LogP) is 0.464. The fourth-order valence-electron chi connectivity index (χ4n) is 2.21. The number of nitrogens with one attached hydrogen (secondary N) is 1. The molecule has 2 rings (SSSR count). The molecule has 2 unspecified atom stereocenters. The Morgan fingerprint density at radius 1 is 1.47 bits per heavy atom. The number of nitrogens with two attached hydrogens (primary N) is 1. The molecule has 1 amide bonds. The largest absolute Gasteiger partial charge is 0.369 e. The van der Waals surface area contributed by atoms with Gasteiger partial charge in [0.1, 0.15) is 11.2 Å². The number of nitrogens with zero attached hydrogens (tertiary/aromatic N) is 1. The highest BCUT2D eigenvalue weighted by Gasteiger charge is 2.46. The van der Waals surface area contributed by atoms with E-state index in [0.717, 1.165) is 0 Å². The zero-order valence-electron chi connectivity index (χ0n) is 9.38. The average molecular weight is 231 g/mol. The van der Waals surface area contributed by atoms with Crippen LogP contribution in [0, 0.1) is 5.92 Å². The van der Waals surface area contributed by atoms with E-state index >= 15 is 0 Å². The standard InChI is InChI=1S/C12H13N3O2/c1-8(16)12(10-5-7-14-15-10)6-3-2-4-9(12)11(13)17/h2-7,9H,1H3,(H2,13,17)(H,14,15). The van der Waals surface area contributed by atoms with Crippen molar-refractivity contribution in [3.8, 4) is 0 Å². The molecule has 1 aromatic rings. The van der Waals surface area contributed by atoms with E-state index < -0.39 is 17.2 Å². The number of H-pyrrole nitrogens is 1. The van der Waals surface area contributed by atoms with Gasteiger partial charge < -0.3 is 5.73 Å². The molecule has 2 atom stereocenters. The molecule has 17 heavy (non-hydrogen) atoms. The normalized spacial score (nSPS) is 27.0. The fraction of sp³-hybridized carbons (Fsp3) is 0.250. The Kier molecular flexibility index (Phi) is 2.67. The van der Waals surface area contributed by atoms with Crippen LogP contribution < -0.4 is 5.73 Å². The molecule has 5 nitrogen and oxygen atoms in total. The van der Waals surface area contributed by atoms with Gasteiger partial charge in [-0.1, -0.05) is 24.3 Å². The van der Waals surface area contributed by atoms with Crippen LogP contribution in [0.4, 0.5) is 0 Å². The summed E-state index contributed by atoms with van der Waals surface area (Å²) in [5.41, 5.74) is 4.80. The molecular formula is C12H13N3O2. The first-order chi connectivity index (χ1) is 8.09. The van der Waals surface area contributed by atoms with Crippen LogP contribution in [0.3, 0.4) is 0 Å². The second-order valence-electron chi connectivity index (χ2n) is 4.01. The fourth-order valence-corrected chi connectivity index (χ4v) is 2.21. The van der Waals surface area contributed by atoms with E-state index in [1.54, 1.807) is 36.6 Å². The summed E-state index contributed by atoms with van der Waals surface area (Å²) in [6, 6.07) is 1.68. The van der Waals surface area contributed by atoms with Gasteiger partial charge in [0.2, 0.25) is 5.91 Å². The van der Waals surface area contributed by atoms with Crippen molar-refractivity contribution in [1.29, 1.82) is 0 Å². The summed E-state index contributed by atoms with van der Waals surface area (Å²) >= 11 is 0. The molecule has 3 N–H and O–H groups in total. The molecule has 88 valence electrons. The number of primary amides is 1. The third kappa shape index (κ3) is 1.60. The number of aromatic nitrogens is 2. The predicted molar refractivity (Wildman–Crippen MR) is 61.9 cm³/mol. The number of carbonyl (C=O) groups is 2. The maximum Gasteiger partial charge on any atom is 0.226 e. The number of allylic oxidation sites excluding steroid dienone is 3. The number of rotatable bonds is 3. The number of hydrogen-bond acceptors (Lipinski definition) is 3. The topological polar surface area (TPSA) is 88.8 Å². The van der Waals surface area contributed by atoms with Crippen molar-refractivity contribution in [2.45, 2.75) is 12.3 Å².